The molecule has 0 aliphatic carbocycles. The third-order valence-corrected chi connectivity index (χ3v) is 4.01. The molecule has 1 fully saturated rings. The van der Waals surface area contributed by atoms with Crippen molar-refractivity contribution in [1.82, 2.24) is 4.90 Å². The van der Waals surface area contributed by atoms with Crippen LogP contribution in [0, 0.1) is 5.92 Å². The third kappa shape index (κ3) is 4.62. The molecule has 1 heterocycles. The maximum absolute atomic E-state index is 5.38. The summed E-state index contributed by atoms with van der Waals surface area (Å²) in [5.41, 5.74) is 0. The number of thiocarbonyl (C=S) groups is 1. The topological polar surface area (TPSA) is 12.5 Å². The Balaban J connectivity index is 2.13. The van der Waals surface area contributed by atoms with Crippen molar-refractivity contribution in [2.75, 3.05) is 37.8 Å². The molecular formula is C10H19NOS2. The van der Waals surface area contributed by atoms with Gasteiger partial charge in [-0.3, -0.25) is 0 Å². The Morgan fingerprint density at radius 1 is 1.43 bits per heavy atom. The second-order valence-electron chi connectivity index (χ2n) is 3.90. The summed E-state index contributed by atoms with van der Waals surface area (Å²) in [5.74, 6) is 2.95. The number of thioether (sulfide) groups is 1. The Kier molecular flexibility index (Phi) is 5.82. The maximum atomic E-state index is 5.38. The maximum Gasteiger partial charge on any atom is 0.0881 e. The van der Waals surface area contributed by atoms with Gasteiger partial charge in [0, 0.05) is 18.8 Å². The Morgan fingerprint density at radius 3 is 2.64 bits per heavy atom. The molecule has 82 valence electrons. The van der Waals surface area contributed by atoms with Gasteiger partial charge < -0.3 is 9.64 Å². The summed E-state index contributed by atoms with van der Waals surface area (Å²) in [7, 11) is 0. The van der Waals surface area contributed by atoms with E-state index >= 15 is 0 Å². The number of ether oxygens (including phenoxy) is 1. The van der Waals surface area contributed by atoms with Crippen molar-refractivity contribution in [3.8, 4) is 0 Å². The second-order valence-corrected chi connectivity index (χ2v) is 5.40. The van der Waals surface area contributed by atoms with Crippen LogP contribution in [0.1, 0.15) is 13.8 Å². The fourth-order valence-corrected chi connectivity index (χ4v) is 2.67. The largest absolute Gasteiger partial charge is 0.378 e. The number of morpholine rings is 1. The minimum atomic E-state index is 0.757. The average Bonchev–Trinajstić information content (AvgIpc) is 2.18. The molecule has 1 saturated heterocycles. The van der Waals surface area contributed by atoms with Crippen LogP contribution in [0.15, 0.2) is 0 Å². The summed E-state index contributed by atoms with van der Waals surface area (Å²) in [6.45, 7) is 8.09. The third-order valence-electron chi connectivity index (χ3n) is 2.04. The van der Waals surface area contributed by atoms with Crippen LogP contribution in [0.25, 0.3) is 0 Å². The van der Waals surface area contributed by atoms with E-state index in [9.17, 15) is 0 Å². The molecule has 0 saturated carbocycles. The number of nitrogens with zero attached hydrogens (tertiary/aromatic N) is 1. The molecular weight excluding hydrogens is 214 g/mol. The van der Waals surface area contributed by atoms with Gasteiger partial charge in [0.25, 0.3) is 0 Å². The molecule has 0 spiro atoms. The lowest BCUT2D eigenvalue weighted by atomic mass is 10.3. The molecule has 2 nitrogen and oxygen atoms in total. The zero-order valence-electron chi connectivity index (χ0n) is 8.99. The molecule has 1 rings (SSSR count). The van der Waals surface area contributed by atoms with E-state index in [4.69, 9.17) is 17.0 Å². The molecule has 0 bridgehead atoms. The fraction of sp³-hybridized carbons (Fsp3) is 0.900. The average molecular weight is 233 g/mol. The summed E-state index contributed by atoms with van der Waals surface area (Å²) in [4.78, 5) is 3.37. The molecule has 1 aliphatic heterocycles. The molecule has 0 unspecified atom stereocenters. The van der Waals surface area contributed by atoms with Crippen molar-refractivity contribution < 1.29 is 4.74 Å². The SMILES string of the molecule is CC(C)CSCC(=S)N1CCOCC1. The molecule has 0 aromatic heterocycles. The predicted molar refractivity (Wildman–Crippen MR) is 67.2 cm³/mol. The Hall–Kier alpha value is 0.200. The molecule has 0 N–H and O–H groups in total. The van der Waals surface area contributed by atoms with E-state index < -0.39 is 0 Å². The van der Waals surface area contributed by atoms with E-state index in [1.54, 1.807) is 0 Å². The van der Waals surface area contributed by atoms with E-state index in [1.807, 2.05) is 11.8 Å². The molecule has 0 radical (unpaired) electrons. The van der Waals surface area contributed by atoms with Crippen LogP contribution >= 0.6 is 24.0 Å². The van der Waals surface area contributed by atoms with E-state index in [1.165, 1.54) is 5.75 Å². The highest BCUT2D eigenvalue weighted by Gasteiger charge is 2.13. The first-order valence-electron chi connectivity index (χ1n) is 5.13. The zero-order valence-corrected chi connectivity index (χ0v) is 10.6. The van der Waals surface area contributed by atoms with Gasteiger partial charge in [-0.15, -0.1) is 0 Å². The Bertz CT molecular complexity index is 179. The Labute approximate surface area is 96.4 Å². The van der Waals surface area contributed by atoms with Crippen LogP contribution in [-0.2, 0) is 4.74 Å². The standard InChI is InChI=1S/C10H19NOS2/c1-9(2)7-14-8-10(13)11-3-5-12-6-4-11/h9H,3-8H2,1-2H3. The molecule has 14 heavy (non-hydrogen) atoms. The summed E-state index contributed by atoms with van der Waals surface area (Å²) >= 11 is 7.31. The van der Waals surface area contributed by atoms with E-state index in [0.29, 0.717) is 0 Å². The lowest BCUT2D eigenvalue weighted by Gasteiger charge is -2.29. The Morgan fingerprint density at radius 2 is 2.07 bits per heavy atom. The number of hydrogen-bond donors (Lipinski definition) is 0. The minimum Gasteiger partial charge on any atom is -0.378 e. The molecule has 0 atom stereocenters. The highest BCUT2D eigenvalue weighted by atomic mass is 32.2. The summed E-state index contributed by atoms with van der Waals surface area (Å²) in [6.07, 6.45) is 0. The van der Waals surface area contributed by atoms with E-state index in [-0.39, 0.29) is 0 Å². The predicted octanol–water partition coefficient (Wildman–Crippen LogP) is 2.04. The molecule has 1 aliphatic rings. The lowest BCUT2D eigenvalue weighted by molar-refractivity contribution is 0.0689. The first-order chi connectivity index (χ1) is 6.70. The lowest BCUT2D eigenvalue weighted by Crippen LogP contribution is -2.40. The van der Waals surface area contributed by atoms with Crippen molar-refractivity contribution in [1.29, 1.82) is 0 Å². The van der Waals surface area contributed by atoms with Gasteiger partial charge in [-0.25, -0.2) is 0 Å². The smallest absolute Gasteiger partial charge is 0.0881 e. The van der Waals surface area contributed by atoms with Gasteiger partial charge in [0.15, 0.2) is 0 Å². The summed E-state index contributed by atoms with van der Waals surface area (Å²) in [5, 5.41) is 0. The first kappa shape index (κ1) is 12.3. The van der Waals surface area contributed by atoms with Gasteiger partial charge in [-0.05, 0) is 11.7 Å². The molecule has 0 aromatic carbocycles. The van der Waals surface area contributed by atoms with Gasteiger partial charge in [-0.2, -0.15) is 11.8 Å². The van der Waals surface area contributed by atoms with Crippen LogP contribution in [0.3, 0.4) is 0 Å². The summed E-state index contributed by atoms with van der Waals surface area (Å²) < 4.78 is 5.28. The van der Waals surface area contributed by atoms with Crippen LogP contribution < -0.4 is 0 Å². The fourth-order valence-electron chi connectivity index (χ4n) is 1.29. The van der Waals surface area contributed by atoms with Crippen molar-refractivity contribution in [3.05, 3.63) is 0 Å². The van der Waals surface area contributed by atoms with Crippen molar-refractivity contribution in [2.24, 2.45) is 5.92 Å². The van der Waals surface area contributed by atoms with Crippen molar-refractivity contribution >= 4 is 29.0 Å². The molecule has 0 amide bonds. The number of hydrogen-bond acceptors (Lipinski definition) is 3. The van der Waals surface area contributed by atoms with Crippen LogP contribution in [0.5, 0.6) is 0 Å². The van der Waals surface area contributed by atoms with Gasteiger partial charge in [0.1, 0.15) is 0 Å². The van der Waals surface area contributed by atoms with Gasteiger partial charge in [0.2, 0.25) is 0 Å². The highest BCUT2D eigenvalue weighted by molar-refractivity contribution is 8.01. The van der Waals surface area contributed by atoms with Crippen LogP contribution in [0.4, 0.5) is 0 Å². The highest BCUT2D eigenvalue weighted by Crippen LogP contribution is 2.10. The normalized spacial score (nSPS) is 17.5. The second kappa shape index (κ2) is 6.64. The molecule has 0 aromatic rings. The molecule has 4 heteroatoms. The van der Waals surface area contributed by atoms with Crippen LogP contribution in [-0.4, -0.2) is 47.7 Å². The van der Waals surface area contributed by atoms with Crippen LogP contribution in [0.2, 0.25) is 0 Å². The van der Waals surface area contributed by atoms with Crippen molar-refractivity contribution in [2.45, 2.75) is 13.8 Å². The summed E-state index contributed by atoms with van der Waals surface area (Å²) in [6, 6.07) is 0. The quantitative estimate of drug-likeness (QED) is 0.689. The zero-order chi connectivity index (χ0) is 10.4. The van der Waals surface area contributed by atoms with Gasteiger partial charge >= 0.3 is 0 Å². The van der Waals surface area contributed by atoms with Crippen molar-refractivity contribution in [3.63, 3.8) is 0 Å². The van der Waals surface area contributed by atoms with E-state index in [0.717, 1.165) is 43.0 Å². The number of rotatable bonds is 4. The van der Waals surface area contributed by atoms with Gasteiger partial charge in [-0.1, -0.05) is 26.1 Å². The monoisotopic (exact) mass is 233 g/mol. The first-order valence-corrected chi connectivity index (χ1v) is 6.69. The van der Waals surface area contributed by atoms with E-state index in [2.05, 4.69) is 18.7 Å². The minimum absolute atomic E-state index is 0.757. The van der Waals surface area contributed by atoms with Gasteiger partial charge in [0.05, 0.1) is 18.2 Å².